The molecule has 0 aliphatic carbocycles. The predicted molar refractivity (Wildman–Crippen MR) is 60.8 cm³/mol. The van der Waals surface area contributed by atoms with E-state index in [0.717, 1.165) is 0 Å². The fourth-order valence-corrected chi connectivity index (χ4v) is 1.59. The monoisotopic (exact) mass is 253 g/mol. The lowest BCUT2D eigenvalue weighted by Gasteiger charge is -2.00. The van der Waals surface area contributed by atoms with Crippen LogP contribution in [-0.2, 0) is 12.8 Å². The average molecular weight is 253 g/mol. The summed E-state index contributed by atoms with van der Waals surface area (Å²) in [6.07, 6.45) is 0.397. The number of nitrogens with zero attached hydrogens (tertiary/aromatic N) is 2. The number of hydrogen-bond acceptors (Lipinski definition) is 4. The summed E-state index contributed by atoms with van der Waals surface area (Å²) in [6, 6.07) is 3.60. The van der Waals surface area contributed by atoms with Gasteiger partial charge in [-0.15, -0.1) is 0 Å². The number of halogens is 2. The lowest BCUT2D eigenvalue weighted by molar-refractivity contribution is 0.375. The zero-order chi connectivity index (χ0) is 13.1. The van der Waals surface area contributed by atoms with Gasteiger partial charge in [0, 0.05) is 18.0 Å². The maximum Gasteiger partial charge on any atom is 0.231 e. The van der Waals surface area contributed by atoms with Crippen molar-refractivity contribution >= 4 is 0 Å². The lowest BCUT2D eigenvalue weighted by Crippen LogP contribution is -2.18. The molecule has 0 saturated carbocycles. The van der Waals surface area contributed by atoms with Crippen molar-refractivity contribution in [2.45, 2.75) is 25.8 Å². The number of nitrogens with two attached hydrogens (primary N) is 1. The highest BCUT2D eigenvalue weighted by atomic mass is 19.1. The smallest absolute Gasteiger partial charge is 0.231 e. The van der Waals surface area contributed by atoms with Crippen LogP contribution in [0, 0.1) is 11.6 Å². The molecule has 18 heavy (non-hydrogen) atoms. The highest BCUT2D eigenvalue weighted by Crippen LogP contribution is 2.16. The van der Waals surface area contributed by atoms with Crippen molar-refractivity contribution in [1.29, 1.82) is 0 Å². The van der Waals surface area contributed by atoms with E-state index in [4.69, 9.17) is 10.3 Å². The molecule has 0 bridgehead atoms. The molecule has 2 N–H and O–H groups in total. The van der Waals surface area contributed by atoms with Crippen LogP contribution >= 0.6 is 0 Å². The SMILES string of the molecule is CC(N)Cc1noc(Cc2c(F)cccc2F)n1. The Morgan fingerprint density at radius 1 is 1.33 bits per heavy atom. The summed E-state index contributed by atoms with van der Waals surface area (Å²) in [4.78, 5) is 4.04. The van der Waals surface area contributed by atoms with E-state index in [9.17, 15) is 8.78 Å². The zero-order valence-corrected chi connectivity index (χ0v) is 9.86. The Morgan fingerprint density at radius 3 is 2.61 bits per heavy atom. The Morgan fingerprint density at radius 2 is 2.00 bits per heavy atom. The van der Waals surface area contributed by atoms with Crippen LogP contribution in [0.4, 0.5) is 8.78 Å². The van der Waals surface area contributed by atoms with Gasteiger partial charge in [0.25, 0.3) is 0 Å². The van der Waals surface area contributed by atoms with Crippen molar-refractivity contribution in [1.82, 2.24) is 10.1 Å². The minimum absolute atomic E-state index is 0.0650. The quantitative estimate of drug-likeness (QED) is 0.902. The van der Waals surface area contributed by atoms with Crippen LogP contribution in [0.25, 0.3) is 0 Å². The molecule has 2 aromatic rings. The second-order valence-electron chi connectivity index (χ2n) is 4.16. The van der Waals surface area contributed by atoms with E-state index >= 15 is 0 Å². The molecule has 1 atom stereocenters. The molecule has 6 heteroatoms. The molecule has 0 radical (unpaired) electrons. The van der Waals surface area contributed by atoms with Crippen molar-refractivity contribution in [2.75, 3.05) is 0 Å². The third-order valence-electron chi connectivity index (χ3n) is 2.40. The minimum atomic E-state index is -0.623. The van der Waals surface area contributed by atoms with E-state index in [-0.39, 0.29) is 23.9 Å². The van der Waals surface area contributed by atoms with Gasteiger partial charge >= 0.3 is 0 Å². The molecular formula is C12H13F2N3O. The van der Waals surface area contributed by atoms with Gasteiger partial charge in [0.2, 0.25) is 5.89 Å². The van der Waals surface area contributed by atoms with Gasteiger partial charge in [0.05, 0.1) is 6.42 Å². The third kappa shape index (κ3) is 2.89. The number of benzene rings is 1. The largest absolute Gasteiger partial charge is 0.339 e. The van der Waals surface area contributed by atoms with E-state index in [0.29, 0.717) is 12.2 Å². The zero-order valence-electron chi connectivity index (χ0n) is 9.86. The number of aromatic nitrogens is 2. The van der Waals surface area contributed by atoms with Crippen LogP contribution in [-0.4, -0.2) is 16.2 Å². The van der Waals surface area contributed by atoms with E-state index in [2.05, 4.69) is 10.1 Å². The molecule has 0 aliphatic rings. The first-order valence-electron chi connectivity index (χ1n) is 5.56. The summed E-state index contributed by atoms with van der Waals surface area (Å²) < 4.78 is 31.7. The van der Waals surface area contributed by atoms with Crippen LogP contribution < -0.4 is 5.73 Å². The van der Waals surface area contributed by atoms with Crippen LogP contribution in [0.1, 0.15) is 24.2 Å². The summed E-state index contributed by atoms with van der Waals surface area (Å²) in [6.45, 7) is 1.81. The number of hydrogen-bond donors (Lipinski definition) is 1. The van der Waals surface area contributed by atoms with Gasteiger partial charge in [-0.1, -0.05) is 11.2 Å². The van der Waals surface area contributed by atoms with Gasteiger partial charge in [0.1, 0.15) is 11.6 Å². The highest BCUT2D eigenvalue weighted by molar-refractivity contribution is 5.22. The molecule has 0 spiro atoms. The molecule has 0 saturated heterocycles. The maximum atomic E-state index is 13.4. The molecule has 0 aliphatic heterocycles. The van der Waals surface area contributed by atoms with Crippen LogP contribution in [0.3, 0.4) is 0 Å². The first kappa shape index (κ1) is 12.6. The van der Waals surface area contributed by atoms with Crippen molar-refractivity contribution in [3.63, 3.8) is 0 Å². The Labute approximate surface area is 103 Å². The maximum absolute atomic E-state index is 13.4. The minimum Gasteiger partial charge on any atom is -0.339 e. The Bertz CT molecular complexity index is 520. The summed E-state index contributed by atoms with van der Waals surface area (Å²) in [5, 5.41) is 3.70. The fourth-order valence-electron chi connectivity index (χ4n) is 1.59. The van der Waals surface area contributed by atoms with Crippen molar-refractivity contribution in [3.8, 4) is 0 Å². The van der Waals surface area contributed by atoms with Crippen molar-refractivity contribution in [2.24, 2.45) is 5.73 Å². The van der Waals surface area contributed by atoms with Crippen molar-refractivity contribution < 1.29 is 13.3 Å². The van der Waals surface area contributed by atoms with E-state index in [1.165, 1.54) is 18.2 Å². The van der Waals surface area contributed by atoms with E-state index < -0.39 is 11.6 Å². The van der Waals surface area contributed by atoms with Crippen LogP contribution in [0.15, 0.2) is 22.7 Å². The van der Waals surface area contributed by atoms with E-state index in [1.54, 1.807) is 0 Å². The molecule has 4 nitrogen and oxygen atoms in total. The van der Waals surface area contributed by atoms with Gasteiger partial charge in [0.15, 0.2) is 5.82 Å². The lowest BCUT2D eigenvalue weighted by atomic mass is 10.1. The topological polar surface area (TPSA) is 64.9 Å². The Hall–Kier alpha value is -1.82. The summed E-state index contributed by atoms with van der Waals surface area (Å²) >= 11 is 0. The number of rotatable bonds is 4. The highest BCUT2D eigenvalue weighted by Gasteiger charge is 2.14. The normalized spacial score (nSPS) is 12.7. The molecule has 2 rings (SSSR count). The summed E-state index contributed by atoms with van der Waals surface area (Å²) in [5.41, 5.74) is 5.52. The van der Waals surface area contributed by atoms with Gasteiger partial charge < -0.3 is 10.3 Å². The summed E-state index contributed by atoms with van der Waals surface area (Å²) in [5.74, 6) is -0.629. The second-order valence-corrected chi connectivity index (χ2v) is 4.16. The van der Waals surface area contributed by atoms with Gasteiger partial charge in [-0.25, -0.2) is 8.78 Å². The molecule has 0 amide bonds. The molecule has 1 aromatic carbocycles. The predicted octanol–water partition coefficient (Wildman–Crippen LogP) is 1.83. The van der Waals surface area contributed by atoms with E-state index in [1.807, 2.05) is 6.92 Å². The van der Waals surface area contributed by atoms with Crippen LogP contribution in [0.2, 0.25) is 0 Å². The molecule has 96 valence electrons. The molecule has 1 aromatic heterocycles. The van der Waals surface area contributed by atoms with Gasteiger partial charge in [-0.05, 0) is 19.1 Å². The van der Waals surface area contributed by atoms with Crippen LogP contribution in [0.5, 0.6) is 0 Å². The first-order chi connectivity index (χ1) is 8.56. The van der Waals surface area contributed by atoms with Crippen molar-refractivity contribution in [3.05, 3.63) is 47.1 Å². The van der Waals surface area contributed by atoms with Gasteiger partial charge in [-0.2, -0.15) is 4.98 Å². The third-order valence-corrected chi connectivity index (χ3v) is 2.40. The standard InChI is InChI=1S/C12H13F2N3O/c1-7(15)5-11-16-12(18-17-11)6-8-9(13)3-2-4-10(8)14/h2-4,7H,5-6,15H2,1H3. The molecule has 1 unspecified atom stereocenters. The second kappa shape index (κ2) is 5.22. The fraction of sp³-hybridized carbons (Fsp3) is 0.333. The Kier molecular flexibility index (Phi) is 3.66. The first-order valence-corrected chi connectivity index (χ1v) is 5.56. The molecule has 0 fully saturated rings. The molecular weight excluding hydrogens is 240 g/mol. The summed E-state index contributed by atoms with van der Waals surface area (Å²) in [7, 11) is 0. The average Bonchev–Trinajstić information content (AvgIpc) is 2.70. The Balaban J connectivity index is 2.16. The molecule has 1 heterocycles. The van der Waals surface area contributed by atoms with Gasteiger partial charge in [-0.3, -0.25) is 0 Å².